The van der Waals surface area contributed by atoms with Gasteiger partial charge >= 0.3 is 5.97 Å². The lowest BCUT2D eigenvalue weighted by Crippen LogP contribution is -2.43. The van der Waals surface area contributed by atoms with Crippen LogP contribution in [0.2, 0.25) is 0 Å². The van der Waals surface area contributed by atoms with E-state index in [1.165, 1.54) is 6.92 Å². The molecule has 1 amide bonds. The number of amides is 1. The number of halogens is 3. The standard InChI is InChI=1S/C19H16I3NO6S/c1-9(24)30-8-17(26)23-15(19(27)28)6-10-4-13(21)18(14(22)5-10)29-11-2-3-16(25)12(20)7-11/h2-5,7,15,25H,6,8H2,1H3,(H,23,26)(H,27,28)/t15-/m0/s1. The summed E-state index contributed by atoms with van der Waals surface area (Å²) in [5.41, 5.74) is 0.725. The molecule has 0 bridgehead atoms. The van der Waals surface area contributed by atoms with Gasteiger partial charge in [-0.2, -0.15) is 0 Å². The average Bonchev–Trinajstić information content (AvgIpc) is 2.65. The van der Waals surface area contributed by atoms with Crippen molar-refractivity contribution < 1.29 is 29.3 Å². The van der Waals surface area contributed by atoms with Crippen molar-refractivity contribution in [2.45, 2.75) is 19.4 Å². The van der Waals surface area contributed by atoms with E-state index in [0.29, 0.717) is 15.1 Å². The van der Waals surface area contributed by atoms with Crippen LogP contribution in [0, 0.1) is 10.7 Å². The third-order valence-corrected chi connectivity index (χ3v) is 6.96. The van der Waals surface area contributed by atoms with Gasteiger partial charge in [-0.25, -0.2) is 4.79 Å². The molecular formula is C19H16I3NO6S. The van der Waals surface area contributed by atoms with Crippen molar-refractivity contribution in [1.82, 2.24) is 5.32 Å². The van der Waals surface area contributed by atoms with Crippen molar-refractivity contribution >= 4 is 96.5 Å². The fourth-order valence-corrected chi connectivity index (χ4v) is 5.36. The summed E-state index contributed by atoms with van der Waals surface area (Å²) in [5.74, 6) is -0.415. The molecule has 0 spiro atoms. The van der Waals surface area contributed by atoms with Crippen LogP contribution in [0.4, 0.5) is 0 Å². The van der Waals surface area contributed by atoms with Crippen molar-refractivity contribution in [2.75, 3.05) is 5.75 Å². The van der Waals surface area contributed by atoms with Crippen LogP contribution in [0.25, 0.3) is 0 Å². The molecule has 7 nitrogen and oxygen atoms in total. The molecular weight excluding hydrogens is 751 g/mol. The molecule has 0 unspecified atom stereocenters. The maximum Gasteiger partial charge on any atom is 0.326 e. The summed E-state index contributed by atoms with van der Waals surface area (Å²) in [5, 5.41) is 21.3. The first-order valence-electron chi connectivity index (χ1n) is 8.36. The van der Waals surface area contributed by atoms with E-state index in [-0.39, 0.29) is 23.0 Å². The number of hydrogen-bond donors (Lipinski definition) is 3. The van der Waals surface area contributed by atoms with Crippen LogP contribution in [0.1, 0.15) is 12.5 Å². The summed E-state index contributed by atoms with van der Waals surface area (Å²) >= 11 is 7.05. The second kappa shape index (κ2) is 11.7. The monoisotopic (exact) mass is 767 g/mol. The molecule has 3 N–H and O–H groups in total. The van der Waals surface area contributed by atoms with Crippen LogP contribution < -0.4 is 10.1 Å². The predicted octanol–water partition coefficient (Wildman–Crippen LogP) is 4.39. The SMILES string of the molecule is CC(=O)SCC(=O)N[C@@H](Cc1cc(I)c(Oc2ccc(O)c(I)c2)c(I)c1)C(=O)O. The van der Waals surface area contributed by atoms with Gasteiger partial charge in [-0.3, -0.25) is 9.59 Å². The smallest absolute Gasteiger partial charge is 0.326 e. The number of nitrogens with one attached hydrogen (secondary N) is 1. The summed E-state index contributed by atoms with van der Waals surface area (Å²) in [4.78, 5) is 34.5. The van der Waals surface area contributed by atoms with E-state index >= 15 is 0 Å². The Bertz CT molecular complexity index is 962. The molecule has 0 aliphatic heterocycles. The van der Waals surface area contributed by atoms with Crippen LogP contribution >= 0.6 is 79.5 Å². The molecule has 30 heavy (non-hydrogen) atoms. The van der Waals surface area contributed by atoms with Crippen LogP contribution in [0.3, 0.4) is 0 Å². The third kappa shape index (κ3) is 7.71. The number of carbonyl (C=O) groups excluding carboxylic acids is 2. The van der Waals surface area contributed by atoms with Crippen molar-refractivity contribution in [3.05, 3.63) is 46.6 Å². The molecule has 1 atom stereocenters. The van der Waals surface area contributed by atoms with E-state index in [0.717, 1.165) is 24.5 Å². The van der Waals surface area contributed by atoms with Gasteiger partial charge in [0.1, 0.15) is 17.5 Å². The number of aliphatic carboxylic acids is 1. The van der Waals surface area contributed by atoms with E-state index in [2.05, 4.69) is 50.5 Å². The Morgan fingerprint density at radius 3 is 2.27 bits per heavy atom. The first-order valence-corrected chi connectivity index (χ1v) is 12.6. The van der Waals surface area contributed by atoms with Crippen LogP contribution in [-0.4, -0.2) is 39.0 Å². The lowest BCUT2D eigenvalue weighted by molar-refractivity contribution is -0.141. The second-order valence-corrected chi connectivity index (χ2v) is 10.7. The van der Waals surface area contributed by atoms with Gasteiger partial charge in [0.15, 0.2) is 10.9 Å². The zero-order chi connectivity index (χ0) is 22.4. The summed E-state index contributed by atoms with van der Waals surface area (Å²) < 4.78 is 8.17. The number of carboxylic acid groups (broad SMARTS) is 1. The molecule has 2 aromatic carbocycles. The molecule has 2 aromatic rings. The quantitative estimate of drug-likeness (QED) is 0.342. The average molecular weight is 767 g/mol. The molecule has 0 aliphatic rings. The highest BCUT2D eigenvalue weighted by Gasteiger charge is 2.22. The molecule has 0 aliphatic carbocycles. The van der Waals surface area contributed by atoms with Gasteiger partial charge in [0.2, 0.25) is 5.91 Å². The lowest BCUT2D eigenvalue weighted by Gasteiger charge is -2.16. The maximum atomic E-state index is 11.9. The summed E-state index contributed by atoms with van der Waals surface area (Å²) in [6, 6.07) is 7.42. The molecule has 11 heteroatoms. The Hall–Kier alpha value is -0.810. The Kier molecular flexibility index (Phi) is 9.93. The molecule has 0 saturated heterocycles. The second-order valence-electron chi connectivity index (χ2n) is 6.05. The zero-order valence-corrected chi connectivity index (χ0v) is 22.7. The molecule has 0 aromatic heterocycles. The normalized spacial score (nSPS) is 11.6. The Morgan fingerprint density at radius 1 is 1.10 bits per heavy atom. The van der Waals surface area contributed by atoms with Crippen molar-refractivity contribution in [3.8, 4) is 17.2 Å². The number of aromatic hydroxyl groups is 1. The third-order valence-electron chi connectivity index (χ3n) is 3.68. The van der Waals surface area contributed by atoms with Crippen molar-refractivity contribution in [3.63, 3.8) is 0 Å². The fourth-order valence-electron chi connectivity index (χ4n) is 2.34. The lowest BCUT2D eigenvalue weighted by atomic mass is 10.1. The van der Waals surface area contributed by atoms with E-state index in [1.54, 1.807) is 30.3 Å². The van der Waals surface area contributed by atoms with Gasteiger partial charge in [-0.1, -0.05) is 11.8 Å². The van der Waals surface area contributed by atoms with Crippen LogP contribution in [0.5, 0.6) is 17.2 Å². The van der Waals surface area contributed by atoms with Crippen molar-refractivity contribution in [2.24, 2.45) is 0 Å². The number of carbonyl (C=O) groups is 3. The highest BCUT2D eigenvalue weighted by Crippen LogP contribution is 2.35. The molecule has 0 heterocycles. The topological polar surface area (TPSA) is 113 Å². The number of rotatable bonds is 8. The molecule has 0 saturated carbocycles. The van der Waals surface area contributed by atoms with E-state index in [9.17, 15) is 24.6 Å². The Morgan fingerprint density at radius 2 is 1.73 bits per heavy atom. The number of hydrogen-bond acceptors (Lipinski definition) is 6. The highest BCUT2D eigenvalue weighted by molar-refractivity contribution is 14.1. The minimum Gasteiger partial charge on any atom is -0.507 e. The largest absolute Gasteiger partial charge is 0.507 e. The van der Waals surface area contributed by atoms with Crippen LogP contribution in [0.15, 0.2) is 30.3 Å². The molecule has 0 radical (unpaired) electrons. The fraction of sp³-hybridized carbons (Fsp3) is 0.211. The van der Waals surface area contributed by atoms with Gasteiger partial charge in [-0.15, -0.1) is 0 Å². The number of phenols is 1. The molecule has 2 rings (SSSR count). The van der Waals surface area contributed by atoms with Crippen molar-refractivity contribution in [1.29, 1.82) is 0 Å². The van der Waals surface area contributed by atoms with Gasteiger partial charge in [-0.05, 0) is 104 Å². The first-order chi connectivity index (χ1) is 14.1. The summed E-state index contributed by atoms with van der Waals surface area (Å²) in [6.45, 7) is 1.35. The number of phenolic OH excluding ortho intramolecular Hbond substituents is 1. The van der Waals surface area contributed by atoms with Crippen LogP contribution in [-0.2, 0) is 20.8 Å². The number of thioether (sulfide) groups is 1. The summed E-state index contributed by atoms with van der Waals surface area (Å²) in [6.07, 6.45) is 0.0925. The van der Waals surface area contributed by atoms with E-state index < -0.39 is 17.9 Å². The summed E-state index contributed by atoms with van der Waals surface area (Å²) in [7, 11) is 0. The highest BCUT2D eigenvalue weighted by atomic mass is 127. The van der Waals surface area contributed by atoms with E-state index in [4.69, 9.17) is 4.74 Å². The van der Waals surface area contributed by atoms with Gasteiger partial charge in [0.25, 0.3) is 0 Å². The van der Waals surface area contributed by atoms with Gasteiger partial charge in [0.05, 0.1) is 16.5 Å². The molecule has 160 valence electrons. The number of ether oxygens (including phenoxy) is 1. The Balaban J connectivity index is 2.15. The predicted molar refractivity (Wildman–Crippen MR) is 139 cm³/mol. The maximum absolute atomic E-state index is 11.9. The minimum absolute atomic E-state index is 0.0925. The van der Waals surface area contributed by atoms with Gasteiger partial charge < -0.3 is 20.3 Å². The minimum atomic E-state index is -1.15. The van der Waals surface area contributed by atoms with E-state index in [1.807, 2.05) is 22.6 Å². The number of benzene rings is 2. The first kappa shape index (κ1) is 25.5. The zero-order valence-electron chi connectivity index (χ0n) is 15.4. The van der Waals surface area contributed by atoms with Gasteiger partial charge in [0, 0.05) is 13.3 Å². The molecule has 0 fully saturated rings. The number of carboxylic acids is 1. The Labute approximate surface area is 218 Å².